The molecule has 2 rings (SSSR count). The summed E-state index contributed by atoms with van der Waals surface area (Å²) in [7, 11) is 2.08. The summed E-state index contributed by atoms with van der Waals surface area (Å²) in [4.78, 5) is 2.24. The number of aryl methyl sites for hydroxylation is 1. The molecular weight excluding hydrogens is 263 g/mol. The molecule has 1 unspecified atom stereocenters. The van der Waals surface area contributed by atoms with E-state index in [1.165, 1.54) is 5.56 Å². The molecule has 0 fully saturated rings. The number of halogens is 1. The van der Waals surface area contributed by atoms with Crippen molar-refractivity contribution in [3.05, 3.63) is 71.0 Å². The van der Waals surface area contributed by atoms with Gasteiger partial charge in [-0.25, -0.2) is 4.39 Å². The molecule has 0 bridgehead atoms. The van der Waals surface area contributed by atoms with E-state index in [1.54, 1.807) is 19.1 Å². The van der Waals surface area contributed by atoms with Crippen LogP contribution in [0.15, 0.2) is 48.5 Å². The number of rotatable bonds is 6. The molecule has 112 valence electrons. The highest BCUT2D eigenvalue weighted by molar-refractivity contribution is 5.25. The lowest BCUT2D eigenvalue weighted by atomic mass is 10.0. The molecular formula is C18H23FN2. The van der Waals surface area contributed by atoms with E-state index in [-0.39, 0.29) is 11.9 Å². The van der Waals surface area contributed by atoms with Crippen LogP contribution in [0, 0.1) is 12.7 Å². The minimum atomic E-state index is -0.180. The van der Waals surface area contributed by atoms with E-state index in [1.807, 2.05) is 24.3 Å². The van der Waals surface area contributed by atoms with E-state index in [0.29, 0.717) is 5.56 Å². The van der Waals surface area contributed by atoms with Gasteiger partial charge in [0.15, 0.2) is 0 Å². The van der Waals surface area contributed by atoms with Gasteiger partial charge in [-0.3, -0.25) is 0 Å². The quantitative estimate of drug-likeness (QED) is 0.878. The van der Waals surface area contributed by atoms with Crippen molar-refractivity contribution in [2.45, 2.75) is 25.9 Å². The van der Waals surface area contributed by atoms with Gasteiger partial charge in [-0.15, -0.1) is 0 Å². The van der Waals surface area contributed by atoms with Crippen LogP contribution in [-0.4, -0.2) is 18.5 Å². The first kappa shape index (κ1) is 15.7. The molecule has 1 atom stereocenters. The summed E-state index contributed by atoms with van der Waals surface area (Å²) in [5.41, 5.74) is 8.98. The number of hydrogen-bond acceptors (Lipinski definition) is 2. The summed E-state index contributed by atoms with van der Waals surface area (Å²) in [5.74, 6) is -0.180. The molecule has 21 heavy (non-hydrogen) atoms. The smallest absolute Gasteiger partial charge is 0.126 e. The van der Waals surface area contributed by atoms with Crippen molar-refractivity contribution in [2.75, 3.05) is 13.6 Å². The minimum absolute atomic E-state index is 0.127. The van der Waals surface area contributed by atoms with Crippen LogP contribution >= 0.6 is 0 Å². The van der Waals surface area contributed by atoms with Crippen molar-refractivity contribution >= 4 is 0 Å². The third kappa shape index (κ3) is 4.66. The van der Waals surface area contributed by atoms with Gasteiger partial charge in [0.25, 0.3) is 0 Å². The highest BCUT2D eigenvalue weighted by Crippen LogP contribution is 2.18. The lowest BCUT2D eigenvalue weighted by Crippen LogP contribution is -2.23. The average Bonchev–Trinajstić information content (AvgIpc) is 2.48. The lowest BCUT2D eigenvalue weighted by molar-refractivity contribution is 0.311. The summed E-state index contributed by atoms with van der Waals surface area (Å²) in [6.07, 6.45) is 0.811. The first-order chi connectivity index (χ1) is 10.1. The molecule has 0 radical (unpaired) electrons. The average molecular weight is 286 g/mol. The highest BCUT2D eigenvalue weighted by Gasteiger charge is 2.10. The Bertz CT molecular complexity index is 569. The van der Waals surface area contributed by atoms with Gasteiger partial charge in [-0.2, -0.15) is 0 Å². The van der Waals surface area contributed by atoms with Gasteiger partial charge >= 0.3 is 0 Å². The summed E-state index contributed by atoms with van der Waals surface area (Å²) in [6, 6.07) is 15.5. The van der Waals surface area contributed by atoms with Crippen molar-refractivity contribution < 1.29 is 4.39 Å². The molecule has 0 amide bonds. The fourth-order valence-corrected chi connectivity index (χ4v) is 2.34. The third-order valence-electron chi connectivity index (χ3n) is 3.74. The third-order valence-corrected chi connectivity index (χ3v) is 3.74. The van der Waals surface area contributed by atoms with Crippen LogP contribution in [-0.2, 0) is 6.54 Å². The predicted molar refractivity (Wildman–Crippen MR) is 85.5 cm³/mol. The summed E-state index contributed by atoms with van der Waals surface area (Å²) in [5, 5.41) is 0. The molecule has 3 heteroatoms. The second-order valence-corrected chi connectivity index (χ2v) is 5.63. The highest BCUT2D eigenvalue weighted by atomic mass is 19.1. The van der Waals surface area contributed by atoms with Crippen LogP contribution in [0.1, 0.15) is 29.2 Å². The second kappa shape index (κ2) is 7.34. The zero-order valence-electron chi connectivity index (χ0n) is 12.7. The molecule has 0 aliphatic rings. The van der Waals surface area contributed by atoms with E-state index in [0.717, 1.165) is 25.1 Å². The van der Waals surface area contributed by atoms with Gasteiger partial charge in [0.05, 0.1) is 0 Å². The molecule has 0 saturated heterocycles. The number of nitrogens with two attached hydrogens (primary N) is 1. The molecule has 0 aliphatic heterocycles. The summed E-state index contributed by atoms with van der Waals surface area (Å²) in [6.45, 7) is 3.54. The molecule has 0 saturated carbocycles. The maximum Gasteiger partial charge on any atom is 0.126 e. The van der Waals surface area contributed by atoms with E-state index in [9.17, 15) is 4.39 Å². The van der Waals surface area contributed by atoms with E-state index >= 15 is 0 Å². The van der Waals surface area contributed by atoms with Crippen molar-refractivity contribution in [2.24, 2.45) is 5.73 Å². The van der Waals surface area contributed by atoms with Crippen LogP contribution in [0.5, 0.6) is 0 Å². The summed E-state index contributed by atoms with van der Waals surface area (Å²) < 4.78 is 13.6. The van der Waals surface area contributed by atoms with Gasteiger partial charge in [0.1, 0.15) is 5.82 Å². The Hall–Kier alpha value is -1.71. The number of hydrogen-bond donors (Lipinski definition) is 1. The maximum atomic E-state index is 13.6. The summed E-state index contributed by atoms with van der Waals surface area (Å²) >= 11 is 0. The molecule has 0 aromatic heterocycles. The zero-order chi connectivity index (χ0) is 15.2. The van der Waals surface area contributed by atoms with Crippen LogP contribution < -0.4 is 5.73 Å². The van der Waals surface area contributed by atoms with Crippen LogP contribution in [0.2, 0.25) is 0 Å². The van der Waals surface area contributed by atoms with Crippen molar-refractivity contribution in [3.63, 3.8) is 0 Å². The Morgan fingerprint density at radius 3 is 2.52 bits per heavy atom. The maximum absolute atomic E-state index is 13.6. The molecule has 2 N–H and O–H groups in total. The molecule has 2 aromatic rings. The first-order valence-electron chi connectivity index (χ1n) is 7.30. The monoisotopic (exact) mass is 286 g/mol. The van der Waals surface area contributed by atoms with Crippen LogP contribution in [0.4, 0.5) is 4.39 Å². The Balaban J connectivity index is 1.85. The SMILES string of the molecule is Cc1ccc(C(N)CCN(C)Cc2ccccc2)cc1F. The van der Waals surface area contributed by atoms with Crippen molar-refractivity contribution in [1.82, 2.24) is 4.90 Å². The minimum Gasteiger partial charge on any atom is -0.324 e. The van der Waals surface area contributed by atoms with Gasteiger partial charge < -0.3 is 10.6 Å². The number of benzene rings is 2. The Morgan fingerprint density at radius 1 is 1.14 bits per heavy atom. The Labute approximate surface area is 126 Å². The largest absolute Gasteiger partial charge is 0.324 e. The Kier molecular flexibility index (Phi) is 5.48. The topological polar surface area (TPSA) is 29.3 Å². The first-order valence-corrected chi connectivity index (χ1v) is 7.30. The molecule has 2 aromatic carbocycles. The van der Waals surface area contributed by atoms with Crippen LogP contribution in [0.25, 0.3) is 0 Å². The van der Waals surface area contributed by atoms with Crippen LogP contribution in [0.3, 0.4) is 0 Å². The molecule has 2 nitrogen and oxygen atoms in total. The van der Waals surface area contributed by atoms with E-state index in [4.69, 9.17) is 5.73 Å². The molecule has 0 aliphatic carbocycles. The van der Waals surface area contributed by atoms with Gasteiger partial charge in [-0.05, 0) is 49.7 Å². The Morgan fingerprint density at radius 2 is 1.86 bits per heavy atom. The number of nitrogens with zero attached hydrogens (tertiary/aromatic N) is 1. The predicted octanol–water partition coefficient (Wildman–Crippen LogP) is 3.66. The fraction of sp³-hybridized carbons (Fsp3) is 0.333. The standard InChI is InChI=1S/C18H23FN2/c1-14-8-9-16(12-17(14)19)18(20)10-11-21(2)13-15-6-4-3-5-7-15/h3-9,12,18H,10-11,13,20H2,1-2H3. The van der Waals surface area contributed by atoms with Gasteiger partial charge in [0, 0.05) is 12.6 Å². The normalized spacial score (nSPS) is 12.6. The van der Waals surface area contributed by atoms with Crippen molar-refractivity contribution in [3.8, 4) is 0 Å². The van der Waals surface area contributed by atoms with Gasteiger partial charge in [-0.1, -0.05) is 42.5 Å². The second-order valence-electron chi connectivity index (χ2n) is 5.63. The zero-order valence-corrected chi connectivity index (χ0v) is 12.7. The van der Waals surface area contributed by atoms with Gasteiger partial charge in [0.2, 0.25) is 0 Å². The molecule has 0 heterocycles. The lowest BCUT2D eigenvalue weighted by Gasteiger charge is -2.20. The van der Waals surface area contributed by atoms with E-state index in [2.05, 4.69) is 24.1 Å². The molecule has 0 spiro atoms. The fourth-order valence-electron chi connectivity index (χ4n) is 2.34. The van der Waals surface area contributed by atoms with E-state index < -0.39 is 0 Å². The van der Waals surface area contributed by atoms with Crippen molar-refractivity contribution in [1.29, 1.82) is 0 Å².